The minimum atomic E-state index is 0.686. The second-order valence-corrected chi connectivity index (χ2v) is 3.47. The van der Waals surface area contributed by atoms with Gasteiger partial charge in [-0.3, -0.25) is 9.78 Å². The first kappa shape index (κ1) is 9.87. The fraction of sp³-hybridized carbons (Fsp3) is 0. The number of hydrogen-bond acceptors (Lipinski definition) is 2. The summed E-state index contributed by atoms with van der Waals surface area (Å²) in [6.07, 6.45) is 5.59. The lowest BCUT2D eigenvalue weighted by molar-refractivity contribution is -0.104. The Morgan fingerprint density at radius 3 is 2.93 bits per heavy atom. The summed E-state index contributed by atoms with van der Waals surface area (Å²) in [6, 6.07) is 7.44. The quantitative estimate of drug-likeness (QED) is 0.572. The van der Waals surface area contributed by atoms with E-state index in [4.69, 9.17) is 11.6 Å². The van der Waals surface area contributed by atoms with Crippen molar-refractivity contribution in [2.24, 2.45) is 0 Å². The largest absolute Gasteiger partial charge is 0.299 e. The van der Waals surface area contributed by atoms with Gasteiger partial charge in [0.2, 0.25) is 0 Å². The number of rotatable bonds is 2. The molecule has 2 rings (SSSR count). The second kappa shape index (κ2) is 4.24. The van der Waals surface area contributed by atoms with Crippen LogP contribution in [-0.4, -0.2) is 11.3 Å². The zero-order chi connectivity index (χ0) is 10.7. The number of carbonyl (C=O) groups excluding carboxylic acids is 1. The topological polar surface area (TPSA) is 30.0 Å². The maximum atomic E-state index is 10.2. The minimum Gasteiger partial charge on any atom is -0.299 e. The maximum absolute atomic E-state index is 10.2. The molecular formula is C12H8ClNO. The highest BCUT2D eigenvalue weighted by Crippen LogP contribution is 2.22. The number of nitrogens with zero attached hydrogens (tertiary/aromatic N) is 1. The molecule has 0 saturated carbocycles. The number of pyridine rings is 1. The van der Waals surface area contributed by atoms with E-state index in [2.05, 4.69) is 4.98 Å². The van der Waals surface area contributed by atoms with Gasteiger partial charge in [0.1, 0.15) is 6.29 Å². The normalized spacial score (nSPS) is 11.0. The molecule has 0 saturated heterocycles. The van der Waals surface area contributed by atoms with Gasteiger partial charge in [-0.2, -0.15) is 0 Å². The lowest BCUT2D eigenvalue weighted by Gasteiger charge is -2.00. The van der Waals surface area contributed by atoms with Crippen LogP contribution in [0.15, 0.2) is 36.5 Å². The van der Waals surface area contributed by atoms with E-state index >= 15 is 0 Å². The number of carbonyl (C=O) groups is 1. The van der Waals surface area contributed by atoms with E-state index in [-0.39, 0.29) is 0 Å². The minimum absolute atomic E-state index is 0.686. The molecule has 0 unspecified atom stereocenters. The van der Waals surface area contributed by atoms with E-state index in [9.17, 15) is 4.79 Å². The van der Waals surface area contributed by atoms with E-state index in [0.717, 1.165) is 22.8 Å². The highest BCUT2D eigenvalue weighted by atomic mass is 35.5. The van der Waals surface area contributed by atoms with Crippen LogP contribution in [0.2, 0.25) is 5.02 Å². The molecule has 0 atom stereocenters. The van der Waals surface area contributed by atoms with Gasteiger partial charge in [-0.25, -0.2) is 0 Å². The van der Waals surface area contributed by atoms with Gasteiger partial charge in [0.05, 0.1) is 10.5 Å². The summed E-state index contributed by atoms with van der Waals surface area (Å²) in [5.74, 6) is 0. The summed E-state index contributed by atoms with van der Waals surface area (Å²) in [7, 11) is 0. The molecule has 2 nitrogen and oxygen atoms in total. The molecule has 0 aliphatic carbocycles. The Labute approximate surface area is 92.2 Å². The number of aldehydes is 1. The first-order valence-corrected chi connectivity index (χ1v) is 4.85. The smallest absolute Gasteiger partial charge is 0.142 e. The van der Waals surface area contributed by atoms with Crippen LogP contribution >= 0.6 is 11.6 Å². The predicted octanol–water partition coefficient (Wildman–Crippen LogP) is 3.10. The molecular weight excluding hydrogens is 210 g/mol. The molecule has 0 aliphatic heterocycles. The van der Waals surface area contributed by atoms with Crippen molar-refractivity contribution in [2.45, 2.75) is 0 Å². The Hall–Kier alpha value is -1.67. The number of hydrogen-bond donors (Lipinski definition) is 0. The fourth-order valence-electron chi connectivity index (χ4n) is 1.38. The Bertz CT molecular complexity index is 534. The summed E-state index contributed by atoms with van der Waals surface area (Å²) in [5.41, 5.74) is 1.76. The molecule has 15 heavy (non-hydrogen) atoms. The van der Waals surface area contributed by atoms with Gasteiger partial charge in [0.25, 0.3) is 0 Å². The van der Waals surface area contributed by atoms with Crippen LogP contribution < -0.4 is 0 Å². The van der Waals surface area contributed by atoms with Crippen molar-refractivity contribution in [1.29, 1.82) is 0 Å². The zero-order valence-corrected chi connectivity index (χ0v) is 8.61. The molecule has 3 heteroatoms. The second-order valence-electron chi connectivity index (χ2n) is 3.06. The van der Waals surface area contributed by atoms with E-state index in [1.165, 1.54) is 6.08 Å². The van der Waals surface area contributed by atoms with Crippen LogP contribution in [0.3, 0.4) is 0 Å². The molecule has 74 valence electrons. The molecule has 1 heterocycles. The Morgan fingerprint density at radius 2 is 2.13 bits per heavy atom. The van der Waals surface area contributed by atoms with Gasteiger partial charge in [-0.05, 0) is 23.8 Å². The maximum Gasteiger partial charge on any atom is 0.142 e. The van der Waals surface area contributed by atoms with Gasteiger partial charge >= 0.3 is 0 Å². The Balaban J connectivity index is 2.56. The lowest BCUT2D eigenvalue weighted by atomic mass is 10.1. The predicted molar refractivity (Wildman–Crippen MR) is 61.9 cm³/mol. The van der Waals surface area contributed by atoms with E-state index in [0.29, 0.717) is 5.02 Å². The highest BCUT2D eigenvalue weighted by molar-refractivity contribution is 6.35. The van der Waals surface area contributed by atoms with Crippen LogP contribution in [0.1, 0.15) is 5.56 Å². The summed E-state index contributed by atoms with van der Waals surface area (Å²) in [5, 5.41) is 1.60. The Kier molecular flexibility index (Phi) is 2.79. The number of halogens is 1. The monoisotopic (exact) mass is 217 g/mol. The summed E-state index contributed by atoms with van der Waals surface area (Å²) in [6.45, 7) is 0. The Morgan fingerprint density at radius 1 is 1.27 bits per heavy atom. The zero-order valence-electron chi connectivity index (χ0n) is 7.85. The summed E-state index contributed by atoms with van der Waals surface area (Å²) in [4.78, 5) is 14.4. The first-order chi connectivity index (χ1) is 7.31. The highest BCUT2D eigenvalue weighted by Gasteiger charge is 1.99. The third-order valence-corrected chi connectivity index (χ3v) is 2.41. The molecule has 0 radical (unpaired) electrons. The molecule has 1 aromatic carbocycles. The molecule has 1 aromatic heterocycles. The van der Waals surface area contributed by atoms with Gasteiger partial charge in [0.15, 0.2) is 0 Å². The number of fused-ring (bicyclic) bond motifs is 1. The third-order valence-electron chi connectivity index (χ3n) is 2.08. The van der Waals surface area contributed by atoms with Gasteiger partial charge in [0, 0.05) is 11.6 Å². The molecule has 0 N–H and O–H groups in total. The van der Waals surface area contributed by atoms with Crippen LogP contribution in [0.25, 0.3) is 17.0 Å². The SMILES string of the molecule is O=CC=Cc1ccc2c(Cl)ccnc2c1. The average Bonchev–Trinajstić information content (AvgIpc) is 2.26. The standard InChI is InChI=1S/C12H8ClNO/c13-11-5-6-14-12-8-9(2-1-7-15)3-4-10(11)12/h1-8H. The van der Waals surface area contributed by atoms with E-state index in [1.54, 1.807) is 18.3 Å². The molecule has 0 aliphatic rings. The van der Waals surface area contributed by atoms with Crippen molar-refractivity contribution in [3.63, 3.8) is 0 Å². The lowest BCUT2D eigenvalue weighted by Crippen LogP contribution is -1.80. The molecule has 0 fully saturated rings. The number of aromatic nitrogens is 1. The number of benzene rings is 1. The molecule has 0 amide bonds. The van der Waals surface area contributed by atoms with Crippen molar-refractivity contribution in [3.05, 3.63) is 47.1 Å². The van der Waals surface area contributed by atoms with Crippen LogP contribution in [0.4, 0.5) is 0 Å². The third kappa shape index (κ3) is 2.05. The first-order valence-electron chi connectivity index (χ1n) is 4.47. The number of allylic oxidation sites excluding steroid dienone is 1. The van der Waals surface area contributed by atoms with Crippen LogP contribution in [-0.2, 0) is 4.79 Å². The molecule has 0 bridgehead atoms. The van der Waals surface area contributed by atoms with Crippen molar-refractivity contribution in [2.75, 3.05) is 0 Å². The van der Waals surface area contributed by atoms with Crippen molar-refractivity contribution in [1.82, 2.24) is 4.98 Å². The summed E-state index contributed by atoms with van der Waals surface area (Å²) < 4.78 is 0. The van der Waals surface area contributed by atoms with Crippen LogP contribution in [0.5, 0.6) is 0 Å². The van der Waals surface area contributed by atoms with E-state index < -0.39 is 0 Å². The van der Waals surface area contributed by atoms with Crippen LogP contribution in [0, 0.1) is 0 Å². The van der Waals surface area contributed by atoms with Crippen molar-refractivity contribution >= 4 is 34.9 Å². The fourth-order valence-corrected chi connectivity index (χ4v) is 1.60. The van der Waals surface area contributed by atoms with Gasteiger partial charge < -0.3 is 0 Å². The average molecular weight is 218 g/mol. The van der Waals surface area contributed by atoms with Crippen molar-refractivity contribution < 1.29 is 4.79 Å². The van der Waals surface area contributed by atoms with E-state index in [1.807, 2.05) is 18.2 Å². The summed E-state index contributed by atoms with van der Waals surface area (Å²) >= 11 is 6.00. The molecule has 0 spiro atoms. The van der Waals surface area contributed by atoms with Gasteiger partial charge in [-0.1, -0.05) is 29.8 Å². The van der Waals surface area contributed by atoms with Gasteiger partial charge in [-0.15, -0.1) is 0 Å². The van der Waals surface area contributed by atoms with Crippen molar-refractivity contribution in [3.8, 4) is 0 Å². The molecule has 2 aromatic rings.